The molecule has 4 rings (SSSR count). The van der Waals surface area contributed by atoms with Crippen LogP contribution in [0.25, 0.3) is 0 Å². The van der Waals surface area contributed by atoms with E-state index in [1.807, 2.05) is 6.20 Å². The first-order valence-electron chi connectivity index (χ1n) is 13.5. The van der Waals surface area contributed by atoms with Gasteiger partial charge in [0.15, 0.2) is 6.23 Å². The lowest BCUT2D eigenvalue weighted by Gasteiger charge is -2.61. The van der Waals surface area contributed by atoms with E-state index < -0.39 is 56.9 Å². The van der Waals surface area contributed by atoms with Crippen molar-refractivity contribution in [2.75, 3.05) is 6.61 Å². The average molecular weight is 534 g/mol. The number of hydrogen-bond acceptors (Lipinski definition) is 9. The topological polar surface area (TPSA) is 178 Å². The molecule has 0 spiro atoms. The molecule has 2 saturated heterocycles. The molecule has 3 fully saturated rings. The summed E-state index contributed by atoms with van der Waals surface area (Å²) >= 11 is 0. The van der Waals surface area contributed by atoms with E-state index in [1.54, 1.807) is 4.90 Å². The van der Waals surface area contributed by atoms with Crippen molar-refractivity contribution in [1.29, 1.82) is 0 Å². The van der Waals surface area contributed by atoms with Gasteiger partial charge < -0.3 is 40.5 Å². The molecule has 0 amide bonds. The van der Waals surface area contributed by atoms with Gasteiger partial charge in [0.25, 0.3) is 0 Å². The zero-order chi connectivity index (χ0) is 26.0. The number of nitrogens with zero attached hydrogens (tertiary/aromatic N) is 1. The largest absolute Gasteiger partial charge is 0.469 e. The summed E-state index contributed by atoms with van der Waals surface area (Å²) in [5, 5.41) is 36.1. The van der Waals surface area contributed by atoms with Crippen LogP contribution < -0.4 is 11.1 Å². The third-order valence-corrected chi connectivity index (χ3v) is 9.19. The molecule has 0 aromatic rings. The Kier molecular flexibility index (Phi) is 9.20. The molecule has 208 valence electrons. The fourth-order valence-electron chi connectivity index (χ4n) is 6.63. The van der Waals surface area contributed by atoms with Crippen LogP contribution >= 0.6 is 7.82 Å². The van der Waals surface area contributed by atoms with E-state index in [-0.39, 0.29) is 5.41 Å². The van der Waals surface area contributed by atoms with Crippen LogP contribution in [0.15, 0.2) is 12.3 Å². The Hall–Kier alpha value is -0.590. The van der Waals surface area contributed by atoms with Crippen molar-refractivity contribution >= 4 is 7.82 Å². The van der Waals surface area contributed by atoms with Gasteiger partial charge in [0, 0.05) is 5.41 Å². The highest BCUT2D eigenvalue weighted by Crippen LogP contribution is 2.52. The van der Waals surface area contributed by atoms with Crippen molar-refractivity contribution < 1.29 is 38.9 Å². The second kappa shape index (κ2) is 11.7. The third kappa shape index (κ3) is 6.01. The first-order chi connectivity index (χ1) is 17.1. The Morgan fingerprint density at radius 2 is 1.56 bits per heavy atom. The molecule has 0 radical (unpaired) electrons. The molecule has 0 aromatic carbocycles. The highest BCUT2D eigenvalue weighted by Gasteiger charge is 2.60. The van der Waals surface area contributed by atoms with Crippen LogP contribution in [-0.4, -0.2) is 79.1 Å². The summed E-state index contributed by atoms with van der Waals surface area (Å²) in [6.45, 7) is -0.570. The van der Waals surface area contributed by atoms with Crippen molar-refractivity contribution in [1.82, 2.24) is 10.2 Å². The summed E-state index contributed by atoms with van der Waals surface area (Å²) in [6, 6.07) is 0. The lowest BCUT2D eigenvalue weighted by molar-refractivity contribution is -0.186. The van der Waals surface area contributed by atoms with Gasteiger partial charge in [0.1, 0.15) is 24.5 Å². The minimum absolute atomic E-state index is 0.360. The van der Waals surface area contributed by atoms with E-state index >= 15 is 0 Å². The van der Waals surface area contributed by atoms with E-state index in [4.69, 9.17) is 20.3 Å². The molecule has 3 heterocycles. The fraction of sp³-hybridized carbons (Fsp3) is 0.917. The lowest BCUT2D eigenvalue weighted by Crippen LogP contribution is -2.75. The van der Waals surface area contributed by atoms with Gasteiger partial charge >= 0.3 is 7.82 Å². The van der Waals surface area contributed by atoms with Crippen molar-refractivity contribution in [2.45, 2.75) is 126 Å². The predicted molar refractivity (Wildman–Crippen MR) is 132 cm³/mol. The normalized spacial score (nSPS) is 43.1. The van der Waals surface area contributed by atoms with Gasteiger partial charge in [-0.1, -0.05) is 70.3 Å². The maximum atomic E-state index is 11.4. The molecule has 0 aromatic heterocycles. The van der Waals surface area contributed by atoms with Crippen molar-refractivity contribution in [2.24, 2.45) is 11.1 Å². The molecule has 11 nitrogen and oxygen atoms in total. The van der Waals surface area contributed by atoms with Gasteiger partial charge in [-0.2, -0.15) is 0 Å². The quantitative estimate of drug-likeness (QED) is 0.260. The Labute approximate surface area is 213 Å². The predicted octanol–water partition coefficient (Wildman–Crippen LogP) is 1.39. The lowest BCUT2D eigenvalue weighted by atomic mass is 9.63. The number of piperidine rings is 1. The number of aliphatic hydroxyl groups excluding tert-OH is 3. The SMILES string of the molecule is NC1NC(O)C23CCCCCCCCCCCCC1(C=CN2C1OC(COP(=O)(O)O)C(O)C1O)C3. The minimum atomic E-state index is -4.77. The molecule has 1 aliphatic carbocycles. The summed E-state index contributed by atoms with van der Waals surface area (Å²) in [7, 11) is -4.77. The van der Waals surface area contributed by atoms with Crippen LogP contribution in [0.2, 0.25) is 0 Å². The molecule has 8 atom stereocenters. The number of nitrogens with one attached hydrogen (secondary N) is 1. The molecular formula is C24H44N3O8P. The first kappa shape index (κ1) is 28.4. The Balaban J connectivity index is 1.61. The Morgan fingerprint density at radius 3 is 2.17 bits per heavy atom. The molecule has 4 aliphatic rings. The van der Waals surface area contributed by atoms with Crippen LogP contribution in [0, 0.1) is 5.41 Å². The first-order valence-corrected chi connectivity index (χ1v) is 15.0. The summed E-state index contributed by atoms with van der Waals surface area (Å²) < 4.78 is 21.6. The summed E-state index contributed by atoms with van der Waals surface area (Å²) in [6.07, 6.45) is 11.1. The smallest absolute Gasteiger partial charge is 0.387 e. The third-order valence-electron chi connectivity index (χ3n) is 8.70. The summed E-state index contributed by atoms with van der Waals surface area (Å²) in [5.41, 5.74) is 5.39. The van der Waals surface area contributed by atoms with Crippen molar-refractivity contribution in [3.05, 3.63) is 12.3 Å². The van der Waals surface area contributed by atoms with Crippen LogP contribution in [0.3, 0.4) is 0 Å². The zero-order valence-corrected chi connectivity index (χ0v) is 21.8. The summed E-state index contributed by atoms with van der Waals surface area (Å²) in [5.74, 6) is 0. The van der Waals surface area contributed by atoms with Gasteiger partial charge in [-0.15, -0.1) is 0 Å². The van der Waals surface area contributed by atoms with Crippen LogP contribution in [0.4, 0.5) is 0 Å². The van der Waals surface area contributed by atoms with E-state index in [1.165, 1.54) is 32.1 Å². The van der Waals surface area contributed by atoms with E-state index in [0.29, 0.717) is 12.8 Å². The van der Waals surface area contributed by atoms with Gasteiger partial charge in [0.05, 0.1) is 18.3 Å². The number of rotatable bonds is 4. The molecule has 1 saturated carbocycles. The Morgan fingerprint density at radius 1 is 0.972 bits per heavy atom. The second-order valence-electron chi connectivity index (χ2n) is 11.2. The molecule has 3 aliphatic heterocycles. The highest BCUT2D eigenvalue weighted by atomic mass is 31.2. The van der Waals surface area contributed by atoms with Crippen LogP contribution in [0.5, 0.6) is 0 Å². The number of nitrogens with two attached hydrogens (primary N) is 1. The van der Waals surface area contributed by atoms with Crippen molar-refractivity contribution in [3.63, 3.8) is 0 Å². The number of phosphoric ester groups is 1. The monoisotopic (exact) mass is 533 g/mol. The molecule has 2 bridgehead atoms. The molecule has 8 N–H and O–H groups in total. The molecule has 36 heavy (non-hydrogen) atoms. The van der Waals surface area contributed by atoms with Crippen LogP contribution in [0.1, 0.15) is 83.5 Å². The van der Waals surface area contributed by atoms with Gasteiger partial charge in [-0.05, 0) is 25.5 Å². The average Bonchev–Trinajstić information content (AvgIpc) is 3.10. The van der Waals surface area contributed by atoms with Crippen LogP contribution in [-0.2, 0) is 13.8 Å². The van der Waals surface area contributed by atoms with E-state index in [2.05, 4.69) is 15.9 Å². The van der Waals surface area contributed by atoms with E-state index in [0.717, 1.165) is 38.5 Å². The number of hydrogen-bond donors (Lipinski definition) is 7. The Bertz CT molecular complexity index is 814. The molecule has 8 unspecified atom stereocenters. The summed E-state index contributed by atoms with van der Waals surface area (Å²) in [4.78, 5) is 19.9. The zero-order valence-electron chi connectivity index (χ0n) is 21.0. The second-order valence-corrected chi connectivity index (χ2v) is 12.4. The fourth-order valence-corrected chi connectivity index (χ4v) is 6.97. The molecule has 12 heteroatoms. The van der Waals surface area contributed by atoms with E-state index in [9.17, 15) is 19.9 Å². The number of ether oxygens (including phenoxy) is 1. The highest BCUT2D eigenvalue weighted by molar-refractivity contribution is 7.46. The minimum Gasteiger partial charge on any atom is -0.387 e. The maximum absolute atomic E-state index is 11.4. The van der Waals surface area contributed by atoms with Gasteiger partial charge in [0.2, 0.25) is 0 Å². The number of phosphoric acid groups is 1. The maximum Gasteiger partial charge on any atom is 0.469 e. The van der Waals surface area contributed by atoms with Crippen molar-refractivity contribution in [3.8, 4) is 0 Å². The molecular weight excluding hydrogens is 489 g/mol. The standard InChI is InChI=1S/C24H44N3O8P/c25-21-23-11-9-7-5-3-1-2-4-6-8-10-12-24(16-23,22(30)26-21)27(14-13-23)20-19(29)18(28)17(35-20)15-34-36(31,32)33/h13-14,17-22,26,28-30H,1-12,15-16,25H2,(H2,31,32,33). The van der Waals surface area contributed by atoms with Gasteiger partial charge in [-0.3, -0.25) is 9.84 Å². The number of aliphatic hydroxyl groups is 3. The van der Waals surface area contributed by atoms with Gasteiger partial charge in [-0.25, -0.2) is 4.57 Å².